The second-order valence-electron chi connectivity index (χ2n) is 8.80. The summed E-state index contributed by atoms with van der Waals surface area (Å²) in [6, 6.07) is 19.7. The predicted molar refractivity (Wildman–Crippen MR) is 123 cm³/mol. The van der Waals surface area contributed by atoms with Gasteiger partial charge in [-0.1, -0.05) is 42.5 Å². The van der Waals surface area contributed by atoms with E-state index in [0.29, 0.717) is 11.8 Å². The number of aliphatic hydroxyl groups is 1. The lowest BCUT2D eigenvalue weighted by atomic mass is 9.91. The van der Waals surface area contributed by atoms with Crippen molar-refractivity contribution >= 4 is 11.6 Å². The summed E-state index contributed by atoms with van der Waals surface area (Å²) in [5.41, 5.74) is 3.99. The number of benzene rings is 2. The third-order valence-corrected chi connectivity index (χ3v) is 6.43. The van der Waals surface area contributed by atoms with Crippen LogP contribution in [0.3, 0.4) is 0 Å². The Morgan fingerprint density at radius 1 is 1.13 bits per heavy atom. The molecule has 1 fully saturated rings. The minimum atomic E-state index is -0.371. The molecule has 4 atom stereocenters. The molecule has 0 aliphatic heterocycles. The van der Waals surface area contributed by atoms with Crippen LogP contribution in [0.1, 0.15) is 55.2 Å². The van der Waals surface area contributed by atoms with E-state index >= 15 is 0 Å². The van der Waals surface area contributed by atoms with Crippen LogP contribution in [0, 0.1) is 18.8 Å². The molecule has 1 aliphatic rings. The first-order chi connectivity index (χ1) is 15.0. The highest BCUT2D eigenvalue weighted by molar-refractivity contribution is 5.93. The van der Waals surface area contributed by atoms with Crippen LogP contribution in [0.15, 0.2) is 66.9 Å². The Bertz CT molecular complexity index is 997. The summed E-state index contributed by atoms with van der Waals surface area (Å²) < 4.78 is 1.68. The lowest BCUT2D eigenvalue weighted by Gasteiger charge is -2.19. The molecule has 1 amide bonds. The molecular weight excluding hydrogens is 386 g/mol. The van der Waals surface area contributed by atoms with E-state index in [1.165, 1.54) is 5.56 Å². The molecule has 1 heterocycles. The van der Waals surface area contributed by atoms with Gasteiger partial charge < -0.3 is 10.4 Å². The highest BCUT2D eigenvalue weighted by Crippen LogP contribution is 2.40. The fourth-order valence-corrected chi connectivity index (χ4v) is 4.58. The third kappa shape index (κ3) is 5.23. The average Bonchev–Trinajstić information content (AvgIpc) is 3.44. The topological polar surface area (TPSA) is 67.2 Å². The Hall–Kier alpha value is -2.92. The number of aromatic nitrogens is 2. The van der Waals surface area contributed by atoms with Crippen LogP contribution >= 0.6 is 0 Å². The summed E-state index contributed by atoms with van der Waals surface area (Å²) >= 11 is 0. The maximum Gasteiger partial charge on any atom is 0.248 e. The lowest BCUT2D eigenvalue weighted by Crippen LogP contribution is -2.24. The molecule has 1 saturated carbocycles. The normalized spacial score (nSPS) is 20.4. The molecule has 1 unspecified atom stereocenters. The third-order valence-electron chi connectivity index (χ3n) is 6.43. The minimum absolute atomic E-state index is 0.0793. The van der Waals surface area contributed by atoms with E-state index in [2.05, 4.69) is 22.5 Å². The molecule has 5 heteroatoms. The van der Waals surface area contributed by atoms with Crippen molar-refractivity contribution in [2.24, 2.45) is 11.8 Å². The Morgan fingerprint density at radius 2 is 1.87 bits per heavy atom. The summed E-state index contributed by atoms with van der Waals surface area (Å²) in [7, 11) is 0. The van der Waals surface area contributed by atoms with Gasteiger partial charge in [-0.25, -0.2) is 0 Å². The summed E-state index contributed by atoms with van der Waals surface area (Å²) in [6.45, 7) is 3.76. The molecule has 4 rings (SSSR count). The Morgan fingerprint density at radius 3 is 2.55 bits per heavy atom. The van der Waals surface area contributed by atoms with E-state index < -0.39 is 0 Å². The van der Waals surface area contributed by atoms with Crippen LogP contribution in [-0.2, 0) is 11.2 Å². The number of nitrogens with one attached hydrogen (secondary N) is 1. The van der Waals surface area contributed by atoms with Gasteiger partial charge in [-0.3, -0.25) is 9.48 Å². The van der Waals surface area contributed by atoms with Gasteiger partial charge in [0, 0.05) is 11.9 Å². The molecule has 3 aromatic rings. The van der Waals surface area contributed by atoms with Crippen molar-refractivity contribution in [1.82, 2.24) is 9.78 Å². The molecule has 0 bridgehead atoms. The summed E-state index contributed by atoms with van der Waals surface area (Å²) in [5, 5.41) is 18.0. The summed E-state index contributed by atoms with van der Waals surface area (Å²) in [5.74, 6) is 0.842. The van der Waals surface area contributed by atoms with E-state index in [1.54, 1.807) is 4.68 Å². The van der Waals surface area contributed by atoms with Crippen LogP contribution in [0.5, 0.6) is 0 Å². The van der Waals surface area contributed by atoms with Gasteiger partial charge in [0.15, 0.2) is 0 Å². The molecule has 0 spiro atoms. The van der Waals surface area contributed by atoms with E-state index in [-0.39, 0.29) is 18.1 Å². The standard InChI is InChI=1S/C26H31N3O2/c1-18-14-15-29(28-18)19(2)26(31)27-24-12-9-20(10-13-24)16-21-8-11-23(17-21)25(30)22-6-4-3-5-7-22/h3-7,9-10,12-15,19,21,23,25,30H,8,11,16-17H2,1-2H3,(H,27,31)/t19?,21-,23-,25+/m0/s1. The maximum absolute atomic E-state index is 12.5. The Labute approximate surface area is 184 Å². The number of rotatable bonds is 7. The van der Waals surface area contributed by atoms with Gasteiger partial charge in [-0.15, -0.1) is 0 Å². The van der Waals surface area contributed by atoms with Gasteiger partial charge in [-0.05, 0) is 80.7 Å². The van der Waals surface area contributed by atoms with Crippen LogP contribution in [0.25, 0.3) is 0 Å². The van der Waals surface area contributed by atoms with Gasteiger partial charge >= 0.3 is 0 Å². The molecule has 0 saturated heterocycles. The Balaban J connectivity index is 1.29. The van der Waals surface area contributed by atoms with Gasteiger partial charge in [0.25, 0.3) is 0 Å². The van der Waals surface area contributed by atoms with Crippen molar-refractivity contribution in [3.05, 3.63) is 83.7 Å². The zero-order valence-electron chi connectivity index (χ0n) is 18.2. The number of hydrogen-bond donors (Lipinski definition) is 2. The molecule has 2 N–H and O–H groups in total. The first-order valence-corrected chi connectivity index (χ1v) is 11.1. The number of aliphatic hydroxyl groups excluding tert-OH is 1. The fraction of sp³-hybridized carbons (Fsp3) is 0.385. The first-order valence-electron chi connectivity index (χ1n) is 11.1. The fourth-order valence-electron chi connectivity index (χ4n) is 4.58. The summed E-state index contributed by atoms with van der Waals surface area (Å²) in [4.78, 5) is 12.5. The zero-order chi connectivity index (χ0) is 21.8. The zero-order valence-corrected chi connectivity index (χ0v) is 18.2. The first kappa shape index (κ1) is 21.3. The van der Waals surface area contributed by atoms with Crippen LogP contribution in [0.4, 0.5) is 5.69 Å². The van der Waals surface area contributed by atoms with Crippen LogP contribution in [-0.4, -0.2) is 20.8 Å². The highest BCUT2D eigenvalue weighted by Gasteiger charge is 2.30. The Kier molecular flexibility index (Phi) is 6.52. The van der Waals surface area contributed by atoms with Crippen molar-refractivity contribution in [3.8, 4) is 0 Å². The molecular formula is C26H31N3O2. The van der Waals surface area contributed by atoms with E-state index in [1.807, 2.05) is 68.6 Å². The number of amides is 1. The van der Waals surface area contributed by atoms with Crippen molar-refractivity contribution in [2.45, 2.75) is 51.7 Å². The van der Waals surface area contributed by atoms with E-state index in [4.69, 9.17) is 0 Å². The molecule has 162 valence electrons. The molecule has 5 nitrogen and oxygen atoms in total. The SMILES string of the molecule is Cc1ccn(C(C)C(=O)Nc2ccc(C[C@@H]3CC[C@H]([C@H](O)c4ccccc4)C3)cc2)n1. The van der Waals surface area contributed by atoms with Gasteiger partial charge in [-0.2, -0.15) is 5.10 Å². The maximum atomic E-state index is 12.5. The molecule has 0 radical (unpaired) electrons. The number of carbonyl (C=O) groups excluding carboxylic acids is 1. The number of anilines is 1. The second-order valence-corrected chi connectivity index (χ2v) is 8.80. The number of nitrogens with zero attached hydrogens (tertiary/aromatic N) is 2. The van der Waals surface area contributed by atoms with Crippen LogP contribution < -0.4 is 5.32 Å². The van der Waals surface area contributed by atoms with Gasteiger partial charge in [0.1, 0.15) is 6.04 Å². The van der Waals surface area contributed by atoms with E-state index in [9.17, 15) is 9.90 Å². The second kappa shape index (κ2) is 9.48. The smallest absolute Gasteiger partial charge is 0.248 e. The molecule has 31 heavy (non-hydrogen) atoms. The monoisotopic (exact) mass is 417 g/mol. The van der Waals surface area contributed by atoms with Crippen molar-refractivity contribution in [3.63, 3.8) is 0 Å². The molecule has 1 aromatic heterocycles. The minimum Gasteiger partial charge on any atom is -0.388 e. The van der Waals surface area contributed by atoms with Crippen molar-refractivity contribution < 1.29 is 9.90 Å². The quantitative estimate of drug-likeness (QED) is 0.563. The summed E-state index contributed by atoms with van der Waals surface area (Å²) in [6.07, 6.45) is 5.73. The number of hydrogen-bond acceptors (Lipinski definition) is 3. The molecule has 2 aromatic carbocycles. The number of carbonyl (C=O) groups is 1. The number of aryl methyl sites for hydroxylation is 1. The molecule has 1 aliphatic carbocycles. The van der Waals surface area contributed by atoms with Gasteiger partial charge in [0.2, 0.25) is 5.91 Å². The van der Waals surface area contributed by atoms with Crippen molar-refractivity contribution in [2.75, 3.05) is 5.32 Å². The average molecular weight is 418 g/mol. The highest BCUT2D eigenvalue weighted by atomic mass is 16.3. The van der Waals surface area contributed by atoms with E-state index in [0.717, 1.165) is 42.6 Å². The van der Waals surface area contributed by atoms with Gasteiger partial charge in [0.05, 0.1) is 11.8 Å². The predicted octanol–water partition coefficient (Wildman–Crippen LogP) is 5.08. The lowest BCUT2D eigenvalue weighted by molar-refractivity contribution is -0.119. The largest absolute Gasteiger partial charge is 0.388 e. The van der Waals surface area contributed by atoms with Crippen LogP contribution in [0.2, 0.25) is 0 Å². The van der Waals surface area contributed by atoms with Crippen molar-refractivity contribution in [1.29, 1.82) is 0 Å².